The number of nitrogens with one attached hydrogen (secondary N) is 1. The Bertz CT molecular complexity index is 500. The summed E-state index contributed by atoms with van der Waals surface area (Å²) in [6.45, 7) is 6.08. The molecule has 6 nitrogen and oxygen atoms in total. The molecule has 0 fully saturated rings. The van der Waals surface area contributed by atoms with Gasteiger partial charge in [-0.1, -0.05) is 19.9 Å². The number of amides is 1. The molecule has 1 unspecified atom stereocenters. The van der Waals surface area contributed by atoms with Crippen LogP contribution in [0.3, 0.4) is 0 Å². The molecule has 0 spiro atoms. The van der Waals surface area contributed by atoms with Gasteiger partial charge >= 0.3 is 0 Å². The Hall–Kier alpha value is -1.95. The first-order chi connectivity index (χ1) is 9.35. The number of nitrogens with zero attached hydrogens (tertiary/aromatic N) is 1. The normalized spacial score (nSPS) is 12.2. The Kier molecular flexibility index (Phi) is 5.64. The molecule has 1 atom stereocenters. The second kappa shape index (κ2) is 7.00. The van der Waals surface area contributed by atoms with Crippen LogP contribution < -0.4 is 11.1 Å². The van der Waals surface area contributed by atoms with Crippen molar-refractivity contribution in [3.05, 3.63) is 39.4 Å². The van der Waals surface area contributed by atoms with Crippen LogP contribution >= 0.6 is 0 Å². The Labute approximate surface area is 118 Å². The molecule has 0 saturated heterocycles. The second-order valence-electron chi connectivity index (χ2n) is 5.29. The average Bonchev–Trinajstić information content (AvgIpc) is 2.37. The maximum absolute atomic E-state index is 12.1. The molecule has 0 aliphatic carbocycles. The minimum atomic E-state index is -0.485. The van der Waals surface area contributed by atoms with Crippen LogP contribution in [0.4, 0.5) is 5.69 Å². The van der Waals surface area contributed by atoms with Crippen molar-refractivity contribution in [3.8, 4) is 0 Å². The molecule has 0 aliphatic rings. The summed E-state index contributed by atoms with van der Waals surface area (Å²) >= 11 is 0. The Morgan fingerprint density at radius 3 is 2.60 bits per heavy atom. The summed E-state index contributed by atoms with van der Waals surface area (Å²) in [5.74, 6) is 0.0837. The largest absolute Gasteiger partial charge is 0.348 e. The minimum absolute atomic E-state index is 0.0502. The lowest BCUT2D eigenvalue weighted by molar-refractivity contribution is -0.385. The molecular formula is C14H21N3O3. The van der Waals surface area contributed by atoms with Gasteiger partial charge in [-0.2, -0.15) is 0 Å². The van der Waals surface area contributed by atoms with Crippen molar-refractivity contribution in [2.24, 2.45) is 11.7 Å². The number of rotatable bonds is 6. The molecule has 1 aromatic rings. The van der Waals surface area contributed by atoms with Crippen molar-refractivity contribution in [1.82, 2.24) is 5.32 Å². The fourth-order valence-corrected chi connectivity index (χ4v) is 2.00. The van der Waals surface area contributed by atoms with Crippen molar-refractivity contribution >= 4 is 11.6 Å². The van der Waals surface area contributed by atoms with E-state index in [-0.39, 0.29) is 23.2 Å². The van der Waals surface area contributed by atoms with Crippen molar-refractivity contribution in [3.63, 3.8) is 0 Å². The minimum Gasteiger partial charge on any atom is -0.348 e. The highest BCUT2D eigenvalue weighted by atomic mass is 16.6. The van der Waals surface area contributed by atoms with Crippen LogP contribution in [0.1, 0.15) is 36.2 Å². The third-order valence-corrected chi connectivity index (χ3v) is 3.04. The Morgan fingerprint density at radius 2 is 2.10 bits per heavy atom. The molecule has 0 saturated carbocycles. The Morgan fingerprint density at radius 1 is 1.45 bits per heavy atom. The van der Waals surface area contributed by atoms with E-state index in [1.54, 1.807) is 19.1 Å². The fourth-order valence-electron chi connectivity index (χ4n) is 2.00. The average molecular weight is 279 g/mol. The van der Waals surface area contributed by atoms with E-state index in [1.165, 1.54) is 6.07 Å². The lowest BCUT2D eigenvalue weighted by Crippen LogP contribution is -2.41. The van der Waals surface area contributed by atoms with Crippen molar-refractivity contribution in [2.45, 2.75) is 33.2 Å². The third-order valence-electron chi connectivity index (χ3n) is 3.04. The highest BCUT2D eigenvalue weighted by molar-refractivity contribution is 5.95. The van der Waals surface area contributed by atoms with E-state index in [0.29, 0.717) is 18.0 Å². The molecule has 3 N–H and O–H groups in total. The van der Waals surface area contributed by atoms with E-state index in [9.17, 15) is 14.9 Å². The van der Waals surface area contributed by atoms with E-state index in [1.807, 2.05) is 13.8 Å². The molecule has 1 rings (SSSR count). The molecule has 0 aliphatic heterocycles. The number of benzene rings is 1. The zero-order valence-corrected chi connectivity index (χ0v) is 12.1. The number of aryl methyl sites for hydroxylation is 1. The maximum atomic E-state index is 12.1. The summed E-state index contributed by atoms with van der Waals surface area (Å²) in [7, 11) is 0. The predicted molar refractivity (Wildman–Crippen MR) is 77.6 cm³/mol. The zero-order chi connectivity index (χ0) is 15.3. The molecular weight excluding hydrogens is 258 g/mol. The number of carbonyl (C=O) groups excluding carboxylic acids is 1. The monoisotopic (exact) mass is 279 g/mol. The molecule has 0 bridgehead atoms. The molecule has 6 heteroatoms. The summed E-state index contributed by atoms with van der Waals surface area (Å²) in [4.78, 5) is 22.5. The predicted octanol–water partition coefficient (Wildman–Crippen LogP) is 2.01. The van der Waals surface area contributed by atoms with Crippen LogP contribution in [0.5, 0.6) is 0 Å². The quantitative estimate of drug-likeness (QED) is 0.614. The Balaban J connectivity index is 2.87. The summed E-state index contributed by atoms with van der Waals surface area (Å²) in [6, 6.07) is 4.34. The van der Waals surface area contributed by atoms with Crippen molar-refractivity contribution < 1.29 is 9.72 Å². The smallest absolute Gasteiger partial charge is 0.273 e. The van der Waals surface area contributed by atoms with E-state index in [0.717, 1.165) is 6.42 Å². The second-order valence-corrected chi connectivity index (χ2v) is 5.29. The molecule has 0 radical (unpaired) electrons. The summed E-state index contributed by atoms with van der Waals surface area (Å²) < 4.78 is 0. The topological polar surface area (TPSA) is 98.3 Å². The standard InChI is InChI=1S/C14H21N3O3/c1-9(2)6-12(8-15)16-14(18)11-5-4-10(3)13(7-11)17(19)20/h4-5,7,9,12H,6,8,15H2,1-3H3,(H,16,18). The first kappa shape index (κ1) is 16.1. The number of hydrogen-bond donors (Lipinski definition) is 2. The van der Waals surface area contributed by atoms with Gasteiger partial charge in [-0.05, 0) is 25.3 Å². The van der Waals surface area contributed by atoms with Crippen LogP contribution in [0.25, 0.3) is 0 Å². The van der Waals surface area contributed by atoms with E-state index in [2.05, 4.69) is 5.32 Å². The number of hydrogen-bond acceptors (Lipinski definition) is 4. The van der Waals surface area contributed by atoms with Gasteiger partial charge in [-0.15, -0.1) is 0 Å². The summed E-state index contributed by atoms with van der Waals surface area (Å²) in [6.07, 6.45) is 0.774. The van der Waals surface area contributed by atoms with E-state index < -0.39 is 4.92 Å². The van der Waals surface area contributed by atoms with Gasteiger partial charge in [0, 0.05) is 29.8 Å². The van der Waals surface area contributed by atoms with Crippen molar-refractivity contribution in [2.75, 3.05) is 6.54 Å². The number of nitrogens with two attached hydrogens (primary N) is 1. The fraction of sp³-hybridized carbons (Fsp3) is 0.500. The van der Waals surface area contributed by atoms with Gasteiger partial charge in [0.05, 0.1) is 4.92 Å². The highest BCUT2D eigenvalue weighted by Crippen LogP contribution is 2.19. The van der Waals surface area contributed by atoms with Crippen LogP contribution in [0, 0.1) is 23.0 Å². The van der Waals surface area contributed by atoms with Gasteiger partial charge in [-0.3, -0.25) is 14.9 Å². The molecule has 1 amide bonds. The zero-order valence-electron chi connectivity index (χ0n) is 12.1. The van der Waals surface area contributed by atoms with Gasteiger partial charge in [0.2, 0.25) is 0 Å². The van der Waals surface area contributed by atoms with Gasteiger partial charge in [0.25, 0.3) is 11.6 Å². The molecule has 0 aromatic heterocycles. The summed E-state index contributed by atoms with van der Waals surface area (Å²) in [5.41, 5.74) is 6.39. The number of nitro benzene ring substituents is 1. The van der Waals surface area contributed by atoms with Crippen LogP contribution in [-0.4, -0.2) is 23.4 Å². The molecule has 1 aromatic carbocycles. The van der Waals surface area contributed by atoms with E-state index in [4.69, 9.17) is 5.73 Å². The lowest BCUT2D eigenvalue weighted by atomic mass is 10.0. The molecule has 0 heterocycles. The maximum Gasteiger partial charge on any atom is 0.273 e. The van der Waals surface area contributed by atoms with Crippen LogP contribution in [-0.2, 0) is 0 Å². The first-order valence-corrected chi connectivity index (χ1v) is 6.61. The summed E-state index contributed by atoms with van der Waals surface area (Å²) in [5, 5.41) is 13.7. The van der Waals surface area contributed by atoms with Crippen LogP contribution in [0.2, 0.25) is 0 Å². The molecule has 110 valence electrons. The highest BCUT2D eigenvalue weighted by Gasteiger charge is 2.17. The van der Waals surface area contributed by atoms with Gasteiger partial charge < -0.3 is 11.1 Å². The number of nitro groups is 1. The van der Waals surface area contributed by atoms with Gasteiger partial charge in [-0.25, -0.2) is 0 Å². The van der Waals surface area contributed by atoms with Gasteiger partial charge in [0.1, 0.15) is 0 Å². The SMILES string of the molecule is Cc1ccc(C(=O)NC(CN)CC(C)C)cc1[N+](=O)[O-]. The lowest BCUT2D eigenvalue weighted by Gasteiger charge is -2.18. The van der Waals surface area contributed by atoms with Crippen LogP contribution in [0.15, 0.2) is 18.2 Å². The molecule has 20 heavy (non-hydrogen) atoms. The first-order valence-electron chi connectivity index (χ1n) is 6.61. The van der Waals surface area contributed by atoms with Gasteiger partial charge in [0.15, 0.2) is 0 Å². The van der Waals surface area contributed by atoms with E-state index >= 15 is 0 Å². The van der Waals surface area contributed by atoms with Crippen molar-refractivity contribution in [1.29, 1.82) is 0 Å². The number of carbonyl (C=O) groups is 1. The third kappa shape index (κ3) is 4.31.